The fourth-order valence-corrected chi connectivity index (χ4v) is 2.81. The molecule has 0 aliphatic rings. The van der Waals surface area contributed by atoms with Crippen LogP contribution in [0.15, 0.2) is 46.2 Å². The van der Waals surface area contributed by atoms with Crippen molar-refractivity contribution >= 4 is 29.1 Å². The number of rotatable bonds is 2. The van der Waals surface area contributed by atoms with Crippen molar-refractivity contribution in [3.63, 3.8) is 0 Å². The lowest BCUT2D eigenvalue weighted by Crippen LogP contribution is -1.91. The molecule has 2 aromatic rings. The summed E-state index contributed by atoms with van der Waals surface area (Å²) >= 11 is 7.77. The van der Waals surface area contributed by atoms with Gasteiger partial charge in [0.25, 0.3) is 0 Å². The van der Waals surface area contributed by atoms with Crippen LogP contribution >= 0.6 is 23.4 Å². The molecule has 0 heterocycles. The van der Waals surface area contributed by atoms with Crippen LogP contribution in [0.3, 0.4) is 0 Å². The van der Waals surface area contributed by atoms with E-state index in [0.29, 0.717) is 10.7 Å². The summed E-state index contributed by atoms with van der Waals surface area (Å²) in [6.07, 6.45) is 0. The van der Waals surface area contributed by atoms with Crippen LogP contribution < -0.4 is 5.73 Å². The third-order valence-electron chi connectivity index (χ3n) is 2.57. The summed E-state index contributed by atoms with van der Waals surface area (Å²) in [5.41, 5.74) is 8.77. The fourth-order valence-electron chi connectivity index (χ4n) is 1.53. The first kappa shape index (κ1) is 12.3. The first-order chi connectivity index (χ1) is 8.06. The Morgan fingerprint density at radius 1 is 1.00 bits per heavy atom. The van der Waals surface area contributed by atoms with E-state index in [1.165, 1.54) is 10.5 Å². The molecular weight excluding hydrogens is 250 g/mol. The van der Waals surface area contributed by atoms with Gasteiger partial charge in [-0.15, -0.1) is 0 Å². The fraction of sp³-hybridized carbons (Fsp3) is 0.143. The van der Waals surface area contributed by atoms with Gasteiger partial charge in [-0.25, -0.2) is 0 Å². The number of aryl methyl sites for hydroxylation is 2. The van der Waals surface area contributed by atoms with Crippen molar-refractivity contribution in [1.82, 2.24) is 0 Å². The van der Waals surface area contributed by atoms with Gasteiger partial charge in [-0.3, -0.25) is 0 Å². The Balaban J connectivity index is 2.27. The maximum Gasteiger partial charge on any atom is 0.0649 e. The third kappa shape index (κ3) is 2.96. The van der Waals surface area contributed by atoms with Gasteiger partial charge in [0.1, 0.15) is 0 Å². The number of hydrogen-bond acceptors (Lipinski definition) is 2. The molecule has 2 rings (SSSR count). The van der Waals surface area contributed by atoms with Crippen LogP contribution in [-0.2, 0) is 0 Å². The van der Waals surface area contributed by atoms with E-state index in [9.17, 15) is 0 Å². The van der Waals surface area contributed by atoms with Crippen LogP contribution in [0, 0.1) is 13.8 Å². The lowest BCUT2D eigenvalue weighted by atomic mass is 10.2. The SMILES string of the molecule is Cc1ccc(Sc2cc(C)c(N)c(Cl)c2)cc1. The molecule has 0 atom stereocenters. The summed E-state index contributed by atoms with van der Waals surface area (Å²) in [7, 11) is 0. The molecule has 0 spiro atoms. The molecule has 0 aromatic heterocycles. The first-order valence-electron chi connectivity index (χ1n) is 5.36. The minimum Gasteiger partial charge on any atom is -0.397 e. The average molecular weight is 264 g/mol. The van der Waals surface area contributed by atoms with Crippen molar-refractivity contribution in [2.24, 2.45) is 0 Å². The zero-order valence-corrected chi connectivity index (χ0v) is 11.4. The van der Waals surface area contributed by atoms with E-state index < -0.39 is 0 Å². The molecule has 0 fully saturated rings. The standard InChI is InChI=1S/C14H14ClNS/c1-9-3-5-11(6-4-9)17-12-7-10(2)14(16)13(15)8-12/h3-8H,16H2,1-2H3. The van der Waals surface area contributed by atoms with E-state index >= 15 is 0 Å². The van der Waals surface area contributed by atoms with E-state index in [0.717, 1.165) is 10.5 Å². The zero-order valence-electron chi connectivity index (χ0n) is 9.83. The zero-order chi connectivity index (χ0) is 12.4. The first-order valence-corrected chi connectivity index (χ1v) is 6.56. The van der Waals surface area contributed by atoms with E-state index in [2.05, 4.69) is 37.3 Å². The number of nitrogen functional groups attached to an aromatic ring is 1. The average Bonchev–Trinajstić information content (AvgIpc) is 2.29. The molecule has 2 N–H and O–H groups in total. The second-order valence-electron chi connectivity index (χ2n) is 4.05. The van der Waals surface area contributed by atoms with Gasteiger partial charge in [0.15, 0.2) is 0 Å². The van der Waals surface area contributed by atoms with Gasteiger partial charge in [0, 0.05) is 9.79 Å². The van der Waals surface area contributed by atoms with Gasteiger partial charge in [0.2, 0.25) is 0 Å². The van der Waals surface area contributed by atoms with Crippen LogP contribution in [0.2, 0.25) is 5.02 Å². The number of halogens is 1. The molecule has 17 heavy (non-hydrogen) atoms. The third-order valence-corrected chi connectivity index (χ3v) is 3.86. The van der Waals surface area contributed by atoms with Gasteiger partial charge in [0.05, 0.1) is 10.7 Å². The Hall–Kier alpha value is -1.12. The van der Waals surface area contributed by atoms with Crippen LogP contribution in [0.25, 0.3) is 0 Å². The number of hydrogen-bond donors (Lipinski definition) is 1. The predicted molar refractivity (Wildman–Crippen MR) is 75.9 cm³/mol. The van der Waals surface area contributed by atoms with Crippen molar-refractivity contribution in [3.05, 3.63) is 52.5 Å². The van der Waals surface area contributed by atoms with Gasteiger partial charge < -0.3 is 5.73 Å². The molecule has 0 bridgehead atoms. The van der Waals surface area contributed by atoms with Crippen LogP contribution in [-0.4, -0.2) is 0 Å². The normalized spacial score (nSPS) is 10.5. The van der Waals surface area contributed by atoms with Gasteiger partial charge in [-0.2, -0.15) is 0 Å². The molecular formula is C14H14ClNS. The van der Waals surface area contributed by atoms with Gasteiger partial charge in [-0.1, -0.05) is 41.1 Å². The summed E-state index contributed by atoms with van der Waals surface area (Å²) in [6, 6.07) is 12.4. The minimum atomic E-state index is 0.625. The molecule has 0 saturated carbocycles. The van der Waals surface area contributed by atoms with E-state index in [1.54, 1.807) is 11.8 Å². The molecule has 88 valence electrons. The summed E-state index contributed by atoms with van der Waals surface area (Å²) in [5, 5.41) is 0.625. The van der Waals surface area contributed by atoms with Crippen LogP contribution in [0.1, 0.15) is 11.1 Å². The molecule has 2 aromatic carbocycles. The molecule has 3 heteroatoms. The predicted octanol–water partition coefficient (Wildman–Crippen LogP) is 4.69. The van der Waals surface area contributed by atoms with Crippen molar-refractivity contribution in [3.8, 4) is 0 Å². The smallest absolute Gasteiger partial charge is 0.0649 e. The monoisotopic (exact) mass is 263 g/mol. The number of nitrogens with two attached hydrogens (primary N) is 1. The highest BCUT2D eigenvalue weighted by Gasteiger charge is 2.04. The van der Waals surface area contributed by atoms with Gasteiger partial charge in [-0.05, 0) is 43.7 Å². The Bertz CT molecular complexity index is 511. The highest BCUT2D eigenvalue weighted by atomic mass is 35.5. The maximum atomic E-state index is 6.07. The topological polar surface area (TPSA) is 26.0 Å². The van der Waals surface area contributed by atoms with Gasteiger partial charge >= 0.3 is 0 Å². The summed E-state index contributed by atoms with van der Waals surface area (Å²) in [6.45, 7) is 4.05. The molecule has 0 radical (unpaired) electrons. The molecule has 1 nitrogen and oxygen atoms in total. The van der Waals surface area contributed by atoms with E-state index in [-0.39, 0.29) is 0 Å². The second-order valence-corrected chi connectivity index (χ2v) is 5.60. The highest BCUT2D eigenvalue weighted by Crippen LogP contribution is 2.33. The van der Waals surface area contributed by atoms with Crippen molar-refractivity contribution in [1.29, 1.82) is 0 Å². The van der Waals surface area contributed by atoms with Crippen LogP contribution in [0.4, 0.5) is 5.69 Å². The Kier molecular flexibility index (Phi) is 3.65. The largest absolute Gasteiger partial charge is 0.397 e. The summed E-state index contributed by atoms with van der Waals surface area (Å²) < 4.78 is 0. The molecule has 0 amide bonds. The Morgan fingerprint density at radius 2 is 1.65 bits per heavy atom. The molecule has 0 unspecified atom stereocenters. The number of anilines is 1. The lowest BCUT2D eigenvalue weighted by Gasteiger charge is -2.07. The van der Waals surface area contributed by atoms with Crippen molar-refractivity contribution < 1.29 is 0 Å². The van der Waals surface area contributed by atoms with E-state index in [4.69, 9.17) is 17.3 Å². The van der Waals surface area contributed by atoms with E-state index in [1.807, 2.05) is 13.0 Å². The Labute approximate surface area is 111 Å². The number of benzene rings is 2. The highest BCUT2D eigenvalue weighted by molar-refractivity contribution is 7.99. The summed E-state index contributed by atoms with van der Waals surface area (Å²) in [5.74, 6) is 0. The summed E-state index contributed by atoms with van der Waals surface area (Å²) in [4.78, 5) is 2.32. The molecule has 0 aliphatic carbocycles. The maximum absolute atomic E-state index is 6.07. The Morgan fingerprint density at radius 3 is 2.24 bits per heavy atom. The van der Waals surface area contributed by atoms with Crippen molar-refractivity contribution in [2.75, 3.05) is 5.73 Å². The lowest BCUT2D eigenvalue weighted by molar-refractivity contribution is 1.33. The van der Waals surface area contributed by atoms with Crippen LogP contribution in [0.5, 0.6) is 0 Å². The molecule has 0 aliphatic heterocycles. The quantitative estimate of drug-likeness (QED) is 0.796. The second kappa shape index (κ2) is 5.03. The molecule has 0 saturated heterocycles. The van der Waals surface area contributed by atoms with Crippen molar-refractivity contribution in [2.45, 2.75) is 23.6 Å². The minimum absolute atomic E-state index is 0.625.